The SMILES string of the molecule is C1COCCO1.C=Cc1ccc2ncc3nccn3c2c1. The molecule has 0 amide bonds. The fourth-order valence-corrected chi connectivity index (χ4v) is 2.15. The third-order valence-corrected chi connectivity index (χ3v) is 3.23. The Hall–Kier alpha value is -2.24. The third kappa shape index (κ3) is 3.09. The average Bonchev–Trinajstić information content (AvgIpc) is 3.05. The fourth-order valence-electron chi connectivity index (χ4n) is 2.15. The van der Waals surface area contributed by atoms with Gasteiger partial charge >= 0.3 is 0 Å². The van der Waals surface area contributed by atoms with Gasteiger partial charge in [-0.15, -0.1) is 0 Å². The smallest absolute Gasteiger partial charge is 0.155 e. The van der Waals surface area contributed by atoms with Gasteiger partial charge in [0.25, 0.3) is 0 Å². The number of rotatable bonds is 1. The number of nitrogens with zero attached hydrogens (tertiary/aromatic N) is 3. The molecule has 4 rings (SSSR count). The molecule has 1 fully saturated rings. The van der Waals surface area contributed by atoms with Crippen molar-refractivity contribution in [2.45, 2.75) is 0 Å². The molecule has 5 nitrogen and oxygen atoms in total. The van der Waals surface area contributed by atoms with Gasteiger partial charge in [-0.1, -0.05) is 18.7 Å². The van der Waals surface area contributed by atoms with Gasteiger partial charge < -0.3 is 9.47 Å². The lowest BCUT2D eigenvalue weighted by atomic mass is 10.2. The molecule has 0 aliphatic carbocycles. The normalized spacial score (nSPS) is 14.7. The van der Waals surface area contributed by atoms with Crippen LogP contribution in [-0.4, -0.2) is 40.8 Å². The van der Waals surface area contributed by atoms with Gasteiger partial charge in [0, 0.05) is 12.4 Å². The van der Waals surface area contributed by atoms with Crippen molar-refractivity contribution in [1.29, 1.82) is 0 Å². The van der Waals surface area contributed by atoms with Crippen LogP contribution in [0.15, 0.2) is 43.4 Å². The highest BCUT2D eigenvalue weighted by molar-refractivity contribution is 5.79. The Morgan fingerprint density at radius 1 is 1.10 bits per heavy atom. The Bertz CT molecular complexity index is 736. The number of hydrogen-bond acceptors (Lipinski definition) is 4. The summed E-state index contributed by atoms with van der Waals surface area (Å²) in [4.78, 5) is 8.54. The van der Waals surface area contributed by atoms with Gasteiger partial charge in [0.05, 0.1) is 43.7 Å². The monoisotopic (exact) mass is 283 g/mol. The van der Waals surface area contributed by atoms with E-state index in [9.17, 15) is 0 Å². The number of hydrogen-bond donors (Lipinski definition) is 0. The van der Waals surface area contributed by atoms with E-state index in [1.807, 2.05) is 28.8 Å². The van der Waals surface area contributed by atoms with Crippen molar-refractivity contribution in [1.82, 2.24) is 14.4 Å². The van der Waals surface area contributed by atoms with Crippen LogP contribution in [0.3, 0.4) is 0 Å². The zero-order valence-corrected chi connectivity index (χ0v) is 11.7. The predicted molar refractivity (Wildman–Crippen MR) is 82.2 cm³/mol. The lowest BCUT2D eigenvalue weighted by Gasteiger charge is -2.09. The molecule has 3 heterocycles. The van der Waals surface area contributed by atoms with E-state index < -0.39 is 0 Å². The van der Waals surface area contributed by atoms with Gasteiger partial charge in [-0.2, -0.15) is 0 Å². The van der Waals surface area contributed by atoms with Crippen LogP contribution in [0.25, 0.3) is 22.8 Å². The molecule has 0 spiro atoms. The zero-order chi connectivity index (χ0) is 14.5. The highest BCUT2D eigenvalue weighted by Gasteiger charge is 2.01. The van der Waals surface area contributed by atoms with E-state index in [1.165, 1.54) is 0 Å². The molecule has 1 saturated heterocycles. The minimum atomic E-state index is 0.778. The van der Waals surface area contributed by atoms with Gasteiger partial charge in [-0.25, -0.2) is 4.98 Å². The minimum Gasteiger partial charge on any atom is -0.377 e. The second kappa shape index (κ2) is 6.47. The molecule has 21 heavy (non-hydrogen) atoms. The van der Waals surface area contributed by atoms with E-state index >= 15 is 0 Å². The fraction of sp³-hybridized carbons (Fsp3) is 0.250. The summed E-state index contributed by atoms with van der Waals surface area (Å²) in [6.45, 7) is 6.87. The maximum Gasteiger partial charge on any atom is 0.155 e. The largest absolute Gasteiger partial charge is 0.377 e. The molecule has 0 radical (unpaired) electrons. The second-order valence-electron chi connectivity index (χ2n) is 4.59. The Balaban J connectivity index is 0.000000186. The molecule has 0 N–H and O–H groups in total. The summed E-state index contributed by atoms with van der Waals surface area (Å²) in [5, 5.41) is 0. The van der Waals surface area contributed by atoms with Gasteiger partial charge in [0.1, 0.15) is 0 Å². The van der Waals surface area contributed by atoms with E-state index in [0.717, 1.165) is 48.7 Å². The molecule has 5 heteroatoms. The topological polar surface area (TPSA) is 48.7 Å². The van der Waals surface area contributed by atoms with Crippen molar-refractivity contribution in [3.8, 4) is 0 Å². The summed E-state index contributed by atoms with van der Waals surface area (Å²) in [5.74, 6) is 0. The highest BCUT2D eigenvalue weighted by Crippen LogP contribution is 2.16. The van der Waals surface area contributed by atoms with Crippen molar-refractivity contribution in [2.24, 2.45) is 0 Å². The maximum atomic E-state index is 4.94. The van der Waals surface area contributed by atoms with Crippen molar-refractivity contribution >= 4 is 22.8 Å². The first-order valence-corrected chi connectivity index (χ1v) is 6.88. The van der Waals surface area contributed by atoms with Gasteiger partial charge in [-0.3, -0.25) is 9.38 Å². The van der Waals surface area contributed by atoms with Crippen LogP contribution in [0.4, 0.5) is 0 Å². The van der Waals surface area contributed by atoms with Crippen LogP contribution < -0.4 is 0 Å². The number of ether oxygens (including phenoxy) is 2. The standard InChI is InChI=1S/C12H9N3.C4H8O2/c1-2-9-3-4-10-11(7-9)15-6-5-13-12(15)8-14-10;1-2-6-4-3-5-1/h2-8H,1H2;1-4H2. The van der Waals surface area contributed by atoms with Gasteiger partial charge in [0.2, 0.25) is 0 Å². The van der Waals surface area contributed by atoms with Crippen LogP contribution in [-0.2, 0) is 9.47 Å². The molecule has 1 aromatic carbocycles. The highest BCUT2D eigenvalue weighted by atomic mass is 16.6. The third-order valence-electron chi connectivity index (χ3n) is 3.23. The van der Waals surface area contributed by atoms with Crippen LogP contribution in [0.5, 0.6) is 0 Å². The van der Waals surface area contributed by atoms with Crippen LogP contribution in [0, 0.1) is 0 Å². The summed E-state index contributed by atoms with van der Waals surface area (Å²) in [6.07, 6.45) is 7.31. The Morgan fingerprint density at radius 2 is 1.86 bits per heavy atom. The summed E-state index contributed by atoms with van der Waals surface area (Å²) < 4.78 is 11.9. The summed E-state index contributed by atoms with van der Waals surface area (Å²) >= 11 is 0. The zero-order valence-electron chi connectivity index (χ0n) is 11.7. The average molecular weight is 283 g/mol. The molecule has 3 aromatic rings. The first kappa shape index (κ1) is 13.7. The van der Waals surface area contributed by atoms with Crippen LogP contribution >= 0.6 is 0 Å². The first-order chi connectivity index (χ1) is 10.4. The Labute approximate surface area is 122 Å². The van der Waals surface area contributed by atoms with Crippen LogP contribution in [0.1, 0.15) is 5.56 Å². The van der Waals surface area contributed by atoms with E-state index in [-0.39, 0.29) is 0 Å². The van der Waals surface area contributed by atoms with Gasteiger partial charge in [-0.05, 0) is 17.7 Å². The molecule has 0 unspecified atom stereocenters. The Kier molecular flexibility index (Phi) is 4.23. The lowest BCUT2D eigenvalue weighted by molar-refractivity contribution is -0.0334. The molecule has 1 aliphatic heterocycles. The van der Waals surface area contributed by atoms with E-state index in [1.54, 1.807) is 12.4 Å². The molecule has 0 saturated carbocycles. The number of aromatic nitrogens is 3. The second-order valence-corrected chi connectivity index (χ2v) is 4.59. The minimum absolute atomic E-state index is 0.778. The van der Waals surface area contributed by atoms with E-state index in [0.29, 0.717) is 0 Å². The van der Waals surface area contributed by atoms with Crippen molar-refractivity contribution < 1.29 is 9.47 Å². The molecule has 0 bridgehead atoms. The van der Waals surface area contributed by atoms with E-state index in [4.69, 9.17) is 9.47 Å². The molecule has 1 aliphatic rings. The number of imidazole rings is 1. The molecule has 108 valence electrons. The quantitative estimate of drug-likeness (QED) is 0.688. The van der Waals surface area contributed by atoms with Crippen LogP contribution in [0.2, 0.25) is 0 Å². The summed E-state index contributed by atoms with van der Waals surface area (Å²) in [5.41, 5.74) is 3.97. The number of benzene rings is 1. The molecular weight excluding hydrogens is 266 g/mol. The molecular formula is C16H17N3O2. The molecule has 2 aromatic heterocycles. The lowest BCUT2D eigenvalue weighted by Crippen LogP contribution is -2.16. The predicted octanol–water partition coefficient (Wildman–Crippen LogP) is 2.56. The first-order valence-electron chi connectivity index (χ1n) is 6.88. The Morgan fingerprint density at radius 3 is 2.52 bits per heavy atom. The number of fused-ring (bicyclic) bond motifs is 3. The van der Waals surface area contributed by atoms with E-state index in [2.05, 4.69) is 22.6 Å². The summed E-state index contributed by atoms with van der Waals surface area (Å²) in [7, 11) is 0. The van der Waals surface area contributed by atoms with Gasteiger partial charge in [0.15, 0.2) is 5.65 Å². The van der Waals surface area contributed by atoms with Crippen molar-refractivity contribution in [2.75, 3.05) is 26.4 Å². The summed E-state index contributed by atoms with van der Waals surface area (Å²) in [6, 6.07) is 6.06. The van der Waals surface area contributed by atoms with Crippen molar-refractivity contribution in [3.05, 3.63) is 48.9 Å². The molecule has 0 atom stereocenters. The van der Waals surface area contributed by atoms with Crippen molar-refractivity contribution in [3.63, 3.8) is 0 Å². The maximum absolute atomic E-state index is 4.94.